The molecular weight excluding hydrogens is 366 g/mol. The smallest absolute Gasteiger partial charge is 0.407 e. The second kappa shape index (κ2) is 10.9. The fourth-order valence-corrected chi connectivity index (χ4v) is 2.03. The molecule has 154 valence electrons. The first-order valence-electron chi connectivity index (χ1n) is 8.87. The van der Waals surface area contributed by atoms with Crippen LogP contribution in [0, 0.1) is 0 Å². The van der Waals surface area contributed by atoms with Gasteiger partial charge in [0.2, 0.25) is 5.91 Å². The highest BCUT2D eigenvalue weighted by molar-refractivity contribution is 5.94. The Morgan fingerprint density at radius 2 is 1.64 bits per heavy atom. The van der Waals surface area contributed by atoms with E-state index in [2.05, 4.69) is 16.0 Å². The zero-order valence-corrected chi connectivity index (χ0v) is 16.6. The third kappa shape index (κ3) is 10.1. The molecule has 0 fully saturated rings. The minimum atomic E-state index is -0.595. The van der Waals surface area contributed by atoms with Crippen molar-refractivity contribution in [1.82, 2.24) is 16.0 Å². The van der Waals surface area contributed by atoms with Crippen molar-refractivity contribution in [3.8, 4) is 5.75 Å². The Balaban J connectivity index is 2.24. The molecule has 0 saturated carbocycles. The molecule has 0 atom stereocenters. The summed E-state index contributed by atoms with van der Waals surface area (Å²) < 4.78 is 9.99. The van der Waals surface area contributed by atoms with E-state index in [4.69, 9.17) is 9.47 Å². The van der Waals surface area contributed by atoms with E-state index in [0.717, 1.165) is 0 Å². The van der Waals surface area contributed by atoms with Crippen molar-refractivity contribution in [3.05, 3.63) is 29.8 Å². The quantitative estimate of drug-likeness (QED) is 0.348. The molecule has 28 heavy (non-hydrogen) atoms. The number of hydrogen-bond donors (Lipinski definition) is 3. The van der Waals surface area contributed by atoms with E-state index in [9.17, 15) is 19.2 Å². The van der Waals surface area contributed by atoms with Crippen molar-refractivity contribution in [3.63, 3.8) is 0 Å². The maximum atomic E-state index is 12.1. The molecule has 1 aromatic carbocycles. The molecule has 0 heterocycles. The highest BCUT2D eigenvalue weighted by Gasteiger charge is 2.15. The summed E-state index contributed by atoms with van der Waals surface area (Å²) in [5.41, 5.74) is -0.256. The fraction of sp³-hybridized carbons (Fsp3) is 0.474. The normalized spacial score (nSPS) is 10.6. The second-order valence-electron chi connectivity index (χ2n) is 6.91. The lowest BCUT2D eigenvalue weighted by atomic mass is 10.2. The average Bonchev–Trinajstić information content (AvgIpc) is 2.56. The zero-order chi connectivity index (χ0) is 21.2. The van der Waals surface area contributed by atoms with Gasteiger partial charge in [0.15, 0.2) is 0 Å². The summed E-state index contributed by atoms with van der Waals surface area (Å²) in [5.74, 6) is -0.802. The van der Waals surface area contributed by atoms with E-state index in [1.807, 2.05) is 0 Å². The first-order chi connectivity index (χ1) is 13.1. The van der Waals surface area contributed by atoms with Crippen LogP contribution in [0.15, 0.2) is 24.3 Å². The number of carbonyl (C=O) groups excluding carboxylic acids is 4. The number of benzene rings is 1. The summed E-state index contributed by atoms with van der Waals surface area (Å²) in [5, 5.41) is 7.78. The number of ether oxygens (including phenoxy) is 2. The monoisotopic (exact) mass is 393 g/mol. The van der Waals surface area contributed by atoms with Crippen molar-refractivity contribution in [2.75, 3.05) is 19.6 Å². The Hall–Kier alpha value is -3.10. The first-order valence-corrected chi connectivity index (χ1v) is 8.87. The molecule has 1 aromatic rings. The van der Waals surface area contributed by atoms with Crippen LogP contribution in [-0.4, -0.2) is 49.1 Å². The number of amides is 3. The summed E-state index contributed by atoms with van der Waals surface area (Å²) >= 11 is 0. The SMILES string of the molecule is CC(=O)Oc1cccc(C(=O)NCCNC(=O)CCNC(=O)OC(C)(C)C)c1. The zero-order valence-electron chi connectivity index (χ0n) is 16.6. The number of alkyl carbamates (subject to hydrolysis) is 1. The number of esters is 1. The Labute approximate surface area is 164 Å². The highest BCUT2D eigenvalue weighted by atomic mass is 16.6. The van der Waals surface area contributed by atoms with Gasteiger partial charge in [-0.05, 0) is 39.0 Å². The molecule has 0 aliphatic heterocycles. The van der Waals surface area contributed by atoms with E-state index in [1.54, 1.807) is 39.0 Å². The van der Waals surface area contributed by atoms with E-state index in [-0.39, 0.29) is 43.6 Å². The second-order valence-corrected chi connectivity index (χ2v) is 6.91. The van der Waals surface area contributed by atoms with Crippen LogP contribution in [0.3, 0.4) is 0 Å². The molecule has 3 amide bonds. The molecule has 0 bridgehead atoms. The van der Waals surface area contributed by atoms with Crippen LogP contribution < -0.4 is 20.7 Å². The molecule has 0 spiro atoms. The Bertz CT molecular complexity index is 712. The standard InChI is InChI=1S/C19H27N3O6/c1-13(23)27-15-7-5-6-14(12-15)17(25)21-11-10-20-16(24)8-9-22-18(26)28-19(2,3)4/h5-7,12H,8-11H2,1-4H3,(H,20,24)(H,21,25)(H,22,26). The minimum Gasteiger partial charge on any atom is -0.444 e. The van der Waals surface area contributed by atoms with Gasteiger partial charge in [-0.15, -0.1) is 0 Å². The number of hydrogen-bond acceptors (Lipinski definition) is 6. The maximum Gasteiger partial charge on any atom is 0.407 e. The van der Waals surface area contributed by atoms with Crippen LogP contribution in [0.4, 0.5) is 4.79 Å². The molecule has 0 unspecified atom stereocenters. The lowest BCUT2D eigenvalue weighted by Crippen LogP contribution is -2.37. The Morgan fingerprint density at radius 3 is 2.29 bits per heavy atom. The van der Waals surface area contributed by atoms with Gasteiger partial charge in [0.05, 0.1) is 0 Å². The van der Waals surface area contributed by atoms with E-state index >= 15 is 0 Å². The van der Waals surface area contributed by atoms with Gasteiger partial charge < -0.3 is 25.4 Å². The molecule has 0 aliphatic carbocycles. The van der Waals surface area contributed by atoms with Crippen LogP contribution in [-0.2, 0) is 14.3 Å². The van der Waals surface area contributed by atoms with Crippen molar-refractivity contribution in [1.29, 1.82) is 0 Å². The molecule has 9 heteroatoms. The van der Waals surface area contributed by atoms with Gasteiger partial charge in [0, 0.05) is 38.5 Å². The van der Waals surface area contributed by atoms with Gasteiger partial charge >= 0.3 is 12.1 Å². The maximum absolute atomic E-state index is 12.1. The van der Waals surface area contributed by atoms with Gasteiger partial charge in [-0.25, -0.2) is 4.79 Å². The van der Waals surface area contributed by atoms with Gasteiger partial charge in [-0.1, -0.05) is 6.07 Å². The van der Waals surface area contributed by atoms with Crippen LogP contribution in [0.2, 0.25) is 0 Å². The third-order valence-corrected chi connectivity index (χ3v) is 3.11. The minimum absolute atomic E-state index is 0.0949. The Kier molecular flexibility index (Phi) is 8.94. The van der Waals surface area contributed by atoms with Crippen molar-refractivity contribution in [2.24, 2.45) is 0 Å². The van der Waals surface area contributed by atoms with Crippen molar-refractivity contribution in [2.45, 2.75) is 39.7 Å². The number of carbonyl (C=O) groups is 4. The molecule has 0 aliphatic rings. The van der Waals surface area contributed by atoms with Gasteiger partial charge in [-0.3, -0.25) is 14.4 Å². The van der Waals surface area contributed by atoms with Crippen LogP contribution in [0.25, 0.3) is 0 Å². The number of nitrogens with one attached hydrogen (secondary N) is 3. The number of rotatable bonds is 8. The van der Waals surface area contributed by atoms with Gasteiger partial charge in [0.25, 0.3) is 5.91 Å². The average molecular weight is 393 g/mol. The largest absolute Gasteiger partial charge is 0.444 e. The molecule has 3 N–H and O–H groups in total. The summed E-state index contributed by atoms with van der Waals surface area (Å²) in [4.78, 5) is 46.2. The molecular formula is C19H27N3O6. The third-order valence-electron chi connectivity index (χ3n) is 3.11. The molecule has 1 rings (SSSR count). The van der Waals surface area contributed by atoms with E-state index in [1.165, 1.54) is 13.0 Å². The summed E-state index contributed by atoms with van der Waals surface area (Å²) in [7, 11) is 0. The molecule has 0 radical (unpaired) electrons. The lowest BCUT2D eigenvalue weighted by molar-refractivity contribution is -0.131. The predicted octanol–water partition coefficient (Wildman–Crippen LogP) is 1.37. The van der Waals surface area contributed by atoms with E-state index < -0.39 is 17.7 Å². The van der Waals surface area contributed by atoms with Crippen LogP contribution >= 0.6 is 0 Å². The summed E-state index contributed by atoms with van der Waals surface area (Å²) in [6.07, 6.45) is -0.485. The van der Waals surface area contributed by atoms with Crippen molar-refractivity contribution < 1.29 is 28.7 Å². The first kappa shape index (κ1) is 22.9. The van der Waals surface area contributed by atoms with Gasteiger partial charge in [-0.2, -0.15) is 0 Å². The molecule has 0 aromatic heterocycles. The van der Waals surface area contributed by atoms with Crippen molar-refractivity contribution >= 4 is 23.9 Å². The van der Waals surface area contributed by atoms with Gasteiger partial charge in [0.1, 0.15) is 11.4 Å². The molecule has 9 nitrogen and oxygen atoms in total. The summed E-state index contributed by atoms with van der Waals surface area (Å²) in [6.45, 7) is 7.14. The molecule has 0 saturated heterocycles. The predicted molar refractivity (Wildman–Crippen MR) is 102 cm³/mol. The Morgan fingerprint density at radius 1 is 0.964 bits per heavy atom. The topological polar surface area (TPSA) is 123 Å². The highest BCUT2D eigenvalue weighted by Crippen LogP contribution is 2.13. The fourth-order valence-electron chi connectivity index (χ4n) is 2.03. The van der Waals surface area contributed by atoms with E-state index in [0.29, 0.717) is 5.56 Å². The lowest BCUT2D eigenvalue weighted by Gasteiger charge is -2.19. The van der Waals surface area contributed by atoms with Crippen LogP contribution in [0.5, 0.6) is 5.75 Å². The van der Waals surface area contributed by atoms with Crippen LogP contribution in [0.1, 0.15) is 44.5 Å². The summed E-state index contributed by atoms with van der Waals surface area (Å²) in [6, 6.07) is 6.22.